The summed E-state index contributed by atoms with van der Waals surface area (Å²) >= 11 is 7.99. The van der Waals surface area contributed by atoms with Crippen LogP contribution in [0.1, 0.15) is 55.8 Å². The van der Waals surface area contributed by atoms with Crippen LogP contribution in [0.3, 0.4) is 0 Å². The van der Waals surface area contributed by atoms with E-state index in [0.717, 1.165) is 48.8 Å². The minimum atomic E-state index is -4.33. The minimum Gasteiger partial charge on any atom is -0.497 e. The molecule has 1 unspecified atom stereocenters. The minimum absolute atomic E-state index is 0.0377. The number of aliphatic carboxylic acids is 1. The second-order valence-electron chi connectivity index (χ2n) is 10.6. The summed E-state index contributed by atoms with van der Waals surface area (Å²) in [6.45, 7) is 2.34. The molecule has 0 spiro atoms. The Balaban J connectivity index is 1.31. The molecule has 3 aromatic rings. The Morgan fingerprint density at radius 2 is 1.90 bits per heavy atom. The van der Waals surface area contributed by atoms with Gasteiger partial charge in [-0.1, -0.05) is 11.6 Å². The van der Waals surface area contributed by atoms with Gasteiger partial charge in [0, 0.05) is 22.0 Å². The summed E-state index contributed by atoms with van der Waals surface area (Å²) < 4.78 is 43.6. The molecule has 1 fully saturated rings. The van der Waals surface area contributed by atoms with Crippen LogP contribution in [0, 0.1) is 5.41 Å². The van der Waals surface area contributed by atoms with E-state index in [4.69, 9.17) is 16.3 Å². The largest absolute Gasteiger partial charge is 0.497 e. The Labute approximate surface area is 246 Å². The van der Waals surface area contributed by atoms with Gasteiger partial charge in [0.05, 0.1) is 35.7 Å². The maximum atomic E-state index is 12.8. The van der Waals surface area contributed by atoms with Crippen LogP contribution in [0.4, 0.5) is 13.2 Å². The summed E-state index contributed by atoms with van der Waals surface area (Å²) in [5.74, 6) is 0.556. The fourth-order valence-corrected chi connectivity index (χ4v) is 6.64. The summed E-state index contributed by atoms with van der Waals surface area (Å²) in [4.78, 5) is 19.3. The number of aromatic nitrogens is 1. The lowest BCUT2D eigenvalue weighted by molar-refractivity contribution is -0.141. The number of aliphatic hydroxyl groups excluding tert-OH is 1. The van der Waals surface area contributed by atoms with Gasteiger partial charge < -0.3 is 19.8 Å². The molecule has 0 amide bonds. The number of fused-ring (bicyclic) bond motifs is 1. The molecule has 0 saturated carbocycles. The number of halogens is 4. The van der Waals surface area contributed by atoms with Crippen molar-refractivity contribution in [2.24, 2.45) is 5.41 Å². The molecule has 2 N–H and O–H groups in total. The highest BCUT2D eigenvalue weighted by Gasteiger charge is 2.37. The molecule has 1 atom stereocenters. The van der Waals surface area contributed by atoms with Crippen molar-refractivity contribution in [3.8, 4) is 5.75 Å². The number of likely N-dealkylation sites (tertiary alicyclic amines) is 1. The van der Waals surface area contributed by atoms with E-state index < -0.39 is 29.2 Å². The van der Waals surface area contributed by atoms with Crippen molar-refractivity contribution in [3.63, 3.8) is 0 Å². The first-order valence-corrected chi connectivity index (χ1v) is 14.9. The van der Waals surface area contributed by atoms with Crippen molar-refractivity contribution >= 4 is 40.2 Å². The Morgan fingerprint density at radius 3 is 2.54 bits per heavy atom. The molecule has 1 saturated heterocycles. The number of rotatable bonds is 12. The lowest BCUT2D eigenvalue weighted by Crippen LogP contribution is -2.41. The molecular weight excluding hydrogens is 577 g/mol. The molecule has 11 heteroatoms. The molecular formula is C30H34ClF3N2O4S. The number of thioether (sulfide) groups is 1. The summed E-state index contributed by atoms with van der Waals surface area (Å²) in [5, 5.41) is 22.0. The molecule has 2 heterocycles. The zero-order chi connectivity index (χ0) is 29.6. The number of hydrogen-bond donors (Lipinski definition) is 2. The van der Waals surface area contributed by atoms with E-state index in [1.165, 1.54) is 30.1 Å². The average Bonchev–Trinajstić information content (AvgIpc) is 2.94. The standard InChI is InChI=1S/C30H34ClF3N2O4S/c1-40-21-5-8-25-23(17-21)28(24(31)19-35-25)26(37)9-10-29(18-27(38)39)11-14-36(15-12-29)13-2-16-41-22-6-3-20(4-7-22)30(32,33)34/h3-8,17,19,26,37H,2,9-16,18H2,1H3,(H,38,39). The predicted octanol–water partition coefficient (Wildman–Crippen LogP) is 7.47. The first-order valence-electron chi connectivity index (χ1n) is 13.5. The topological polar surface area (TPSA) is 82.9 Å². The van der Waals surface area contributed by atoms with E-state index in [0.29, 0.717) is 52.9 Å². The van der Waals surface area contributed by atoms with Crippen molar-refractivity contribution in [2.75, 3.05) is 32.5 Å². The fourth-order valence-electron chi connectivity index (χ4n) is 5.53. The Bertz CT molecular complexity index is 1330. The van der Waals surface area contributed by atoms with Crippen molar-refractivity contribution < 1.29 is 32.9 Å². The molecule has 2 aromatic carbocycles. The zero-order valence-electron chi connectivity index (χ0n) is 22.8. The molecule has 4 rings (SSSR count). The number of benzene rings is 2. The zero-order valence-corrected chi connectivity index (χ0v) is 24.4. The Hall–Kier alpha value is -2.53. The molecule has 1 aliphatic heterocycles. The SMILES string of the molecule is COc1ccc2ncc(Cl)c(C(O)CCC3(CC(=O)O)CCN(CCCSc4ccc(C(F)(F)F)cc4)CC3)c2c1. The third kappa shape index (κ3) is 8.28. The van der Waals surface area contributed by atoms with E-state index in [-0.39, 0.29) is 6.42 Å². The summed E-state index contributed by atoms with van der Waals surface area (Å²) in [6.07, 6.45) is -0.464. The number of ether oxygens (including phenoxy) is 1. The number of nitrogens with zero attached hydrogens (tertiary/aromatic N) is 2. The van der Waals surface area contributed by atoms with Crippen LogP contribution < -0.4 is 4.74 Å². The molecule has 222 valence electrons. The smallest absolute Gasteiger partial charge is 0.416 e. The number of carboxylic acids is 1. The third-order valence-electron chi connectivity index (χ3n) is 7.86. The molecule has 41 heavy (non-hydrogen) atoms. The van der Waals surface area contributed by atoms with Crippen molar-refractivity contribution in [3.05, 3.63) is 64.8 Å². The van der Waals surface area contributed by atoms with Crippen LogP contribution in [0.2, 0.25) is 5.02 Å². The second kappa shape index (κ2) is 13.6. The van der Waals surface area contributed by atoms with E-state index in [2.05, 4.69) is 9.88 Å². The second-order valence-corrected chi connectivity index (χ2v) is 12.2. The molecule has 1 aromatic heterocycles. The molecule has 1 aliphatic rings. The molecule has 0 bridgehead atoms. The van der Waals surface area contributed by atoms with E-state index in [1.54, 1.807) is 19.2 Å². The first-order chi connectivity index (χ1) is 19.5. The van der Waals surface area contributed by atoms with Crippen LogP contribution in [-0.2, 0) is 11.0 Å². The number of aliphatic hydroxyl groups is 1. The number of carbonyl (C=O) groups is 1. The van der Waals surface area contributed by atoms with Gasteiger partial charge in [0.2, 0.25) is 0 Å². The summed E-state index contributed by atoms with van der Waals surface area (Å²) in [6, 6.07) is 10.6. The summed E-state index contributed by atoms with van der Waals surface area (Å²) in [5.41, 5.74) is 0.189. The Kier molecular flexibility index (Phi) is 10.4. The average molecular weight is 611 g/mol. The number of hydrogen-bond acceptors (Lipinski definition) is 6. The predicted molar refractivity (Wildman–Crippen MR) is 155 cm³/mol. The van der Waals surface area contributed by atoms with Gasteiger partial charge >= 0.3 is 12.1 Å². The quantitative estimate of drug-likeness (QED) is 0.163. The van der Waals surface area contributed by atoms with Gasteiger partial charge in [-0.25, -0.2) is 0 Å². The van der Waals surface area contributed by atoms with Gasteiger partial charge in [0.15, 0.2) is 0 Å². The third-order valence-corrected chi connectivity index (χ3v) is 9.26. The van der Waals surface area contributed by atoms with Crippen molar-refractivity contribution in [1.82, 2.24) is 9.88 Å². The van der Waals surface area contributed by atoms with E-state index in [9.17, 15) is 28.2 Å². The first kappa shape index (κ1) is 31.4. The normalized spacial score (nSPS) is 16.5. The van der Waals surface area contributed by atoms with Crippen LogP contribution in [0.25, 0.3) is 10.9 Å². The number of carboxylic acid groups (broad SMARTS) is 1. The number of alkyl halides is 3. The van der Waals surface area contributed by atoms with Crippen LogP contribution in [0.15, 0.2) is 53.6 Å². The van der Waals surface area contributed by atoms with E-state index >= 15 is 0 Å². The van der Waals surface area contributed by atoms with Gasteiger partial charge in [-0.15, -0.1) is 11.8 Å². The van der Waals surface area contributed by atoms with Gasteiger partial charge in [0.25, 0.3) is 0 Å². The number of pyridine rings is 1. The van der Waals surface area contributed by atoms with E-state index in [1.807, 2.05) is 6.07 Å². The number of methoxy groups -OCH3 is 1. The fraction of sp³-hybridized carbons (Fsp3) is 0.467. The molecule has 0 aliphatic carbocycles. The highest BCUT2D eigenvalue weighted by Crippen LogP contribution is 2.43. The van der Waals surface area contributed by atoms with Crippen molar-refractivity contribution in [2.45, 2.75) is 55.7 Å². The Morgan fingerprint density at radius 1 is 1.20 bits per heavy atom. The van der Waals surface area contributed by atoms with Gasteiger partial charge in [-0.2, -0.15) is 13.2 Å². The lowest BCUT2D eigenvalue weighted by atomic mass is 9.71. The van der Waals surface area contributed by atoms with Gasteiger partial charge in [-0.05, 0) is 105 Å². The highest BCUT2D eigenvalue weighted by atomic mass is 35.5. The van der Waals surface area contributed by atoms with Gasteiger partial charge in [-0.3, -0.25) is 9.78 Å². The van der Waals surface area contributed by atoms with Crippen LogP contribution >= 0.6 is 23.4 Å². The van der Waals surface area contributed by atoms with Crippen LogP contribution in [-0.4, -0.2) is 58.6 Å². The van der Waals surface area contributed by atoms with Crippen LogP contribution in [0.5, 0.6) is 5.75 Å². The maximum absolute atomic E-state index is 12.8. The van der Waals surface area contributed by atoms with Crippen molar-refractivity contribution in [1.29, 1.82) is 0 Å². The highest BCUT2D eigenvalue weighted by molar-refractivity contribution is 7.99. The molecule has 0 radical (unpaired) electrons. The summed E-state index contributed by atoms with van der Waals surface area (Å²) in [7, 11) is 1.56. The molecule has 6 nitrogen and oxygen atoms in total. The monoisotopic (exact) mass is 610 g/mol. The maximum Gasteiger partial charge on any atom is 0.416 e. The van der Waals surface area contributed by atoms with Gasteiger partial charge in [0.1, 0.15) is 5.75 Å². The lowest BCUT2D eigenvalue weighted by Gasteiger charge is -2.41. The number of piperidine rings is 1.